The lowest BCUT2D eigenvalue weighted by atomic mass is 10.1. The molecular weight excluding hydrogens is 332 g/mol. The summed E-state index contributed by atoms with van der Waals surface area (Å²) in [6.45, 7) is 3.67. The van der Waals surface area contributed by atoms with Crippen molar-refractivity contribution in [1.82, 2.24) is 30.0 Å². The van der Waals surface area contributed by atoms with Crippen molar-refractivity contribution < 1.29 is 9.53 Å². The Labute approximate surface area is 153 Å². The molecule has 2 aromatic rings. The van der Waals surface area contributed by atoms with Crippen LogP contribution in [0.5, 0.6) is 0 Å². The van der Waals surface area contributed by atoms with Crippen molar-refractivity contribution in [2.45, 2.75) is 38.4 Å². The van der Waals surface area contributed by atoms with Crippen LogP contribution in [-0.2, 0) is 22.6 Å². The average Bonchev–Trinajstić information content (AvgIpc) is 3.34. The van der Waals surface area contributed by atoms with E-state index in [0.29, 0.717) is 13.2 Å². The maximum absolute atomic E-state index is 12.9. The molecule has 1 aliphatic heterocycles. The lowest BCUT2D eigenvalue weighted by Crippen LogP contribution is -2.39. The molecule has 0 radical (unpaired) electrons. The van der Waals surface area contributed by atoms with E-state index in [1.54, 1.807) is 25.8 Å². The zero-order valence-corrected chi connectivity index (χ0v) is 15.2. The topological polar surface area (TPSA) is 85.2 Å². The fourth-order valence-corrected chi connectivity index (χ4v) is 3.31. The van der Waals surface area contributed by atoms with E-state index in [1.807, 2.05) is 16.7 Å². The number of hydrogen-bond acceptors (Lipinski definition) is 6. The molecule has 0 aromatic carbocycles. The van der Waals surface area contributed by atoms with Gasteiger partial charge in [0, 0.05) is 32.7 Å². The van der Waals surface area contributed by atoms with Crippen molar-refractivity contribution in [2.24, 2.45) is 0 Å². The van der Waals surface area contributed by atoms with Crippen molar-refractivity contribution in [3.63, 3.8) is 0 Å². The Morgan fingerprint density at radius 1 is 1.38 bits per heavy atom. The first-order chi connectivity index (χ1) is 12.8. The van der Waals surface area contributed by atoms with E-state index in [4.69, 9.17) is 4.74 Å². The summed E-state index contributed by atoms with van der Waals surface area (Å²) in [5.41, 5.74) is 0.925. The van der Waals surface area contributed by atoms with Crippen LogP contribution in [0.15, 0.2) is 30.9 Å². The summed E-state index contributed by atoms with van der Waals surface area (Å²) < 4.78 is 7.03. The third-order valence-corrected chi connectivity index (χ3v) is 4.62. The van der Waals surface area contributed by atoms with E-state index >= 15 is 0 Å². The number of pyridine rings is 1. The van der Waals surface area contributed by atoms with Crippen LogP contribution < -0.4 is 5.32 Å². The summed E-state index contributed by atoms with van der Waals surface area (Å²) in [6.07, 6.45) is 8.31. The second kappa shape index (κ2) is 9.40. The lowest BCUT2D eigenvalue weighted by molar-refractivity contribution is -0.126. The quantitative estimate of drug-likeness (QED) is 0.677. The molecule has 0 bridgehead atoms. The SMILES string of the molecule is COCCCn1cnnc1CNC(=O)[C@H](c1cccnc1)N1CCCC1. The standard InChI is InChI=1S/C18H26N6O2/c1-26-11-5-10-24-14-21-22-16(24)13-20-18(25)17(23-8-2-3-9-23)15-6-4-7-19-12-15/h4,6-7,12,14,17H,2-3,5,8-11,13H2,1H3,(H,20,25)/t17-/m0/s1. The van der Waals surface area contributed by atoms with E-state index in [-0.39, 0.29) is 11.9 Å². The number of amides is 1. The molecule has 2 aromatic heterocycles. The minimum absolute atomic E-state index is 0.0219. The van der Waals surface area contributed by atoms with E-state index in [1.165, 1.54) is 0 Å². The predicted octanol–water partition coefficient (Wildman–Crippen LogP) is 1.16. The monoisotopic (exact) mass is 358 g/mol. The third-order valence-electron chi connectivity index (χ3n) is 4.62. The number of hydrogen-bond donors (Lipinski definition) is 1. The molecule has 140 valence electrons. The summed E-state index contributed by atoms with van der Waals surface area (Å²) in [5, 5.41) is 11.1. The molecule has 1 amide bonds. The Hall–Kier alpha value is -2.32. The number of carbonyl (C=O) groups excluding carboxylic acids is 1. The number of aromatic nitrogens is 4. The molecule has 8 nitrogen and oxygen atoms in total. The second-order valence-corrected chi connectivity index (χ2v) is 6.44. The van der Waals surface area contributed by atoms with Crippen molar-refractivity contribution in [1.29, 1.82) is 0 Å². The molecule has 8 heteroatoms. The highest BCUT2D eigenvalue weighted by atomic mass is 16.5. The van der Waals surface area contributed by atoms with Gasteiger partial charge in [0.1, 0.15) is 12.4 Å². The molecule has 26 heavy (non-hydrogen) atoms. The number of rotatable bonds is 9. The average molecular weight is 358 g/mol. The van der Waals surface area contributed by atoms with Gasteiger partial charge in [-0.2, -0.15) is 0 Å². The van der Waals surface area contributed by atoms with Crippen LogP contribution in [0.3, 0.4) is 0 Å². The zero-order valence-electron chi connectivity index (χ0n) is 15.2. The molecule has 0 unspecified atom stereocenters. The van der Waals surface area contributed by atoms with Crippen LogP contribution in [-0.4, -0.2) is 57.4 Å². The van der Waals surface area contributed by atoms with Crippen LogP contribution >= 0.6 is 0 Å². The van der Waals surface area contributed by atoms with Crippen LogP contribution in [0, 0.1) is 0 Å². The maximum atomic E-state index is 12.9. The van der Waals surface area contributed by atoms with Gasteiger partial charge in [0.2, 0.25) is 5.91 Å². The molecule has 1 aliphatic rings. The summed E-state index contributed by atoms with van der Waals surface area (Å²) in [5.74, 6) is 0.729. The number of ether oxygens (including phenoxy) is 1. The highest BCUT2D eigenvalue weighted by Gasteiger charge is 2.29. The predicted molar refractivity (Wildman–Crippen MR) is 96.1 cm³/mol. The van der Waals surface area contributed by atoms with Crippen molar-refractivity contribution in [3.8, 4) is 0 Å². The van der Waals surface area contributed by atoms with E-state index < -0.39 is 0 Å². The molecule has 3 rings (SSSR count). The smallest absolute Gasteiger partial charge is 0.242 e. The fourth-order valence-electron chi connectivity index (χ4n) is 3.31. The molecule has 1 fully saturated rings. The number of aryl methyl sites for hydroxylation is 1. The zero-order chi connectivity index (χ0) is 18.2. The lowest BCUT2D eigenvalue weighted by Gasteiger charge is -2.26. The van der Waals surface area contributed by atoms with Gasteiger partial charge in [0.05, 0.1) is 6.54 Å². The normalized spacial score (nSPS) is 15.9. The van der Waals surface area contributed by atoms with E-state index in [2.05, 4.69) is 25.4 Å². The Morgan fingerprint density at radius 3 is 2.96 bits per heavy atom. The number of carbonyl (C=O) groups is 1. The Balaban J connectivity index is 1.64. The molecule has 1 atom stereocenters. The Bertz CT molecular complexity index is 684. The minimum Gasteiger partial charge on any atom is -0.385 e. The number of nitrogens with one attached hydrogen (secondary N) is 1. The van der Waals surface area contributed by atoms with Gasteiger partial charge in [-0.15, -0.1) is 10.2 Å². The summed E-state index contributed by atoms with van der Waals surface area (Å²) in [7, 11) is 1.68. The highest BCUT2D eigenvalue weighted by molar-refractivity contribution is 5.83. The first kappa shape index (κ1) is 18.5. The van der Waals surface area contributed by atoms with Crippen molar-refractivity contribution in [2.75, 3.05) is 26.8 Å². The molecule has 1 N–H and O–H groups in total. The molecular formula is C18H26N6O2. The van der Waals surface area contributed by atoms with Gasteiger partial charge in [0.15, 0.2) is 5.82 Å². The third kappa shape index (κ3) is 4.64. The van der Waals surface area contributed by atoms with Crippen LogP contribution in [0.1, 0.15) is 36.7 Å². The number of nitrogens with zero attached hydrogens (tertiary/aromatic N) is 5. The van der Waals surface area contributed by atoms with Gasteiger partial charge in [-0.05, 0) is 44.0 Å². The number of likely N-dealkylation sites (tertiary alicyclic amines) is 1. The van der Waals surface area contributed by atoms with Crippen LogP contribution in [0.25, 0.3) is 0 Å². The van der Waals surface area contributed by atoms with Gasteiger partial charge in [-0.1, -0.05) is 6.07 Å². The molecule has 0 aliphatic carbocycles. The van der Waals surface area contributed by atoms with Crippen molar-refractivity contribution >= 4 is 5.91 Å². The van der Waals surface area contributed by atoms with Crippen molar-refractivity contribution in [3.05, 3.63) is 42.2 Å². The molecule has 0 saturated carbocycles. The largest absolute Gasteiger partial charge is 0.385 e. The summed E-state index contributed by atoms with van der Waals surface area (Å²) in [6, 6.07) is 3.53. The first-order valence-electron chi connectivity index (χ1n) is 9.07. The van der Waals surface area contributed by atoms with E-state index in [9.17, 15) is 4.79 Å². The first-order valence-corrected chi connectivity index (χ1v) is 9.07. The van der Waals surface area contributed by atoms with Crippen LogP contribution in [0.2, 0.25) is 0 Å². The second-order valence-electron chi connectivity index (χ2n) is 6.44. The van der Waals surface area contributed by atoms with Gasteiger partial charge in [-0.3, -0.25) is 14.7 Å². The minimum atomic E-state index is -0.309. The fraction of sp³-hybridized carbons (Fsp3) is 0.556. The molecule has 1 saturated heterocycles. The Kier molecular flexibility index (Phi) is 6.68. The van der Waals surface area contributed by atoms with Gasteiger partial charge < -0.3 is 14.6 Å². The van der Waals surface area contributed by atoms with Gasteiger partial charge in [-0.25, -0.2) is 0 Å². The number of methoxy groups -OCH3 is 1. The van der Waals surface area contributed by atoms with Gasteiger partial charge in [0.25, 0.3) is 0 Å². The molecule has 3 heterocycles. The summed E-state index contributed by atoms with van der Waals surface area (Å²) in [4.78, 5) is 19.3. The van der Waals surface area contributed by atoms with E-state index in [0.717, 1.165) is 50.3 Å². The Morgan fingerprint density at radius 2 is 2.23 bits per heavy atom. The highest BCUT2D eigenvalue weighted by Crippen LogP contribution is 2.24. The molecule has 0 spiro atoms. The van der Waals surface area contributed by atoms with Crippen LogP contribution in [0.4, 0.5) is 0 Å². The maximum Gasteiger partial charge on any atom is 0.242 e. The van der Waals surface area contributed by atoms with Gasteiger partial charge >= 0.3 is 0 Å². The summed E-state index contributed by atoms with van der Waals surface area (Å²) >= 11 is 0.